The van der Waals surface area contributed by atoms with Crippen LogP contribution in [0.5, 0.6) is 0 Å². The number of fused-ring (bicyclic) bond motifs is 4. The summed E-state index contributed by atoms with van der Waals surface area (Å²) in [7, 11) is 1.72. The van der Waals surface area contributed by atoms with E-state index in [0.29, 0.717) is 30.5 Å². The first-order valence-corrected chi connectivity index (χ1v) is 19.0. The van der Waals surface area contributed by atoms with Crippen LogP contribution in [0.2, 0.25) is 0 Å². The Kier molecular flexibility index (Phi) is 11.4. The van der Waals surface area contributed by atoms with Crippen molar-refractivity contribution in [2.75, 3.05) is 20.1 Å². The zero-order valence-corrected chi connectivity index (χ0v) is 32.3. The van der Waals surface area contributed by atoms with Gasteiger partial charge in [0.15, 0.2) is 11.7 Å². The number of carbonyl (C=O) groups is 3. The molecule has 0 saturated heterocycles. The van der Waals surface area contributed by atoms with Gasteiger partial charge in [-0.2, -0.15) is 0 Å². The number of rotatable bonds is 12. The predicted molar refractivity (Wildman–Crippen MR) is 205 cm³/mol. The first-order chi connectivity index (χ1) is 24.8. The molecule has 5 rings (SSSR count). The van der Waals surface area contributed by atoms with Crippen LogP contribution in [0.4, 0.5) is 0 Å². The summed E-state index contributed by atoms with van der Waals surface area (Å²) in [4.78, 5) is 44.8. The number of guanidine groups is 1. The Hall–Kier alpha value is -3.64. The van der Waals surface area contributed by atoms with E-state index in [9.17, 15) is 34.8 Å². The molecule has 2 fully saturated rings. The quantitative estimate of drug-likeness (QED) is 0.0938. The minimum Gasteiger partial charge on any atom is -0.478 e. The number of Topliss-reactive ketones (excluding diaryl/α,β-unsaturated/α-hetero) is 2. The monoisotopic (exact) mass is 732 g/mol. The van der Waals surface area contributed by atoms with Crippen molar-refractivity contribution in [3.8, 4) is 0 Å². The number of aliphatic carboxylic acids is 1. The average molecular weight is 733 g/mol. The Morgan fingerprint density at radius 1 is 1.09 bits per heavy atom. The van der Waals surface area contributed by atoms with E-state index in [4.69, 9.17) is 11.5 Å². The van der Waals surface area contributed by atoms with Crippen molar-refractivity contribution in [3.63, 3.8) is 0 Å². The number of benzene rings is 1. The number of aliphatic imine (C=N–C) groups is 1. The second-order valence-corrected chi connectivity index (χ2v) is 17.3. The molecule has 0 spiro atoms. The number of aliphatic hydroxyl groups excluding tert-OH is 3. The number of carboxylic acids is 1. The summed E-state index contributed by atoms with van der Waals surface area (Å²) in [6.45, 7) is 12.3. The number of nitrogens with one attached hydrogen (secondary N) is 1. The van der Waals surface area contributed by atoms with Gasteiger partial charge in [0.1, 0.15) is 5.78 Å². The van der Waals surface area contributed by atoms with Gasteiger partial charge in [0.2, 0.25) is 0 Å². The van der Waals surface area contributed by atoms with Gasteiger partial charge in [0.05, 0.1) is 18.3 Å². The molecule has 0 aromatic heterocycles. The van der Waals surface area contributed by atoms with Crippen molar-refractivity contribution in [3.05, 3.63) is 64.8 Å². The van der Waals surface area contributed by atoms with Gasteiger partial charge in [-0.3, -0.25) is 14.6 Å². The highest BCUT2D eigenvalue weighted by molar-refractivity contribution is 6.01. The molecule has 0 heterocycles. The predicted octanol–water partition coefficient (Wildman–Crippen LogP) is 3.87. The molecule has 11 atom stereocenters. The zero-order chi connectivity index (χ0) is 39.3. The Morgan fingerprint density at radius 2 is 1.75 bits per heavy atom. The maximum absolute atomic E-state index is 14.9. The van der Waals surface area contributed by atoms with Crippen LogP contribution in [-0.4, -0.2) is 82.4 Å². The highest BCUT2D eigenvalue weighted by atomic mass is 16.4. The van der Waals surface area contributed by atoms with Gasteiger partial charge in [-0.05, 0) is 73.2 Å². The third-order valence-electron chi connectivity index (χ3n) is 14.3. The number of carboxylic acid groups (broad SMARTS) is 1. The molecule has 53 heavy (non-hydrogen) atoms. The molecule has 290 valence electrons. The Labute approximate surface area is 313 Å². The Balaban J connectivity index is 1.64. The summed E-state index contributed by atoms with van der Waals surface area (Å²) in [5, 5.41) is 49.6. The van der Waals surface area contributed by atoms with Gasteiger partial charge in [-0.25, -0.2) is 4.79 Å². The van der Waals surface area contributed by atoms with E-state index in [0.717, 1.165) is 5.56 Å². The Morgan fingerprint density at radius 3 is 2.36 bits per heavy atom. The number of hydrogen-bond acceptors (Lipinski definition) is 8. The fourth-order valence-electron chi connectivity index (χ4n) is 11.3. The molecule has 4 aliphatic rings. The van der Waals surface area contributed by atoms with E-state index < -0.39 is 63.7 Å². The number of allylic oxidation sites excluding steroid dienone is 1. The third-order valence-corrected chi connectivity index (χ3v) is 14.3. The molecule has 4 aliphatic carbocycles. The van der Waals surface area contributed by atoms with E-state index in [1.807, 2.05) is 77.1 Å². The van der Waals surface area contributed by atoms with Gasteiger partial charge in [0.25, 0.3) is 0 Å². The van der Waals surface area contributed by atoms with E-state index in [-0.39, 0.29) is 60.7 Å². The standard InChI is InChI=1S/C42H60N4O7/c1-23(27(22-46-38(43)44)29(47)19-25(37(52)53)16-18-45-7)28-20-32(50)42(6)34-33(30(48)21-41(28,42)5)40(4)17-15-31(49)39(2,3)36(40)26(35(34)51)14-13-24-11-9-8-10-12-24/h8-14,19,23,26-29,32,35-36,45,47,50-51H,15-18,20-22H2,1-7H3,(H,52,53)(H4,43,44,46). The van der Waals surface area contributed by atoms with Gasteiger partial charge in [-0.1, -0.05) is 84.0 Å². The van der Waals surface area contributed by atoms with Gasteiger partial charge in [0, 0.05) is 58.6 Å². The molecule has 0 radical (unpaired) electrons. The molecule has 9 N–H and O–H groups in total. The van der Waals surface area contributed by atoms with E-state index in [1.165, 1.54) is 6.08 Å². The van der Waals surface area contributed by atoms with Crippen molar-refractivity contribution >= 4 is 29.6 Å². The molecule has 0 bridgehead atoms. The highest BCUT2D eigenvalue weighted by Crippen LogP contribution is 2.72. The molecule has 0 aliphatic heterocycles. The summed E-state index contributed by atoms with van der Waals surface area (Å²) in [6, 6.07) is 9.77. The summed E-state index contributed by atoms with van der Waals surface area (Å²) >= 11 is 0. The van der Waals surface area contributed by atoms with E-state index >= 15 is 0 Å². The van der Waals surface area contributed by atoms with Crippen molar-refractivity contribution in [1.82, 2.24) is 5.32 Å². The lowest BCUT2D eigenvalue weighted by Crippen LogP contribution is -2.63. The lowest BCUT2D eigenvalue weighted by molar-refractivity contribution is -0.151. The lowest BCUT2D eigenvalue weighted by Gasteiger charge is -2.63. The maximum atomic E-state index is 14.9. The molecule has 11 nitrogen and oxygen atoms in total. The number of ketones is 2. The fourth-order valence-corrected chi connectivity index (χ4v) is 11.3. The minimum atomic E-state index is -1.24. The normalized spacial score (nSPS) is 35.7. The molecule has 11 unspecified atom stereocenters. The van der Waals surface area contributed by atoms with Crippen molar-refractivity contribution < 1.29 is 34.8 Å². The van der Waals surface area contributed by atoms with Crippen LogP contribution in [0.15, 0.2) is 64.2 Å². The number of nitrogens with two attached hydrogens (primary N) is 2. The van der Waals surface area contributed by atoms with Gasteiger partial charge < -0.3 is 37.2 Å². The Bertz CT molecular complexity index is 1710. The third kappa shape index (κ3) is 6.72. The average Bonchev–Trinajstić information content (AvgIpc) is 3.29. The van der Waals surface area contributed by atoms with Crippen LogP contribution in [0.1, 0.15) is 79.2 Å². The first-order valence-electron chi connectivity index (χ1n) is 19.0. The van der Waals surface area contributed by atoms with E-state index in [1.54, 1.807) is 7.05 Å². The molecule has 0 amide bonds. The molecule has 1 aromatic rings. The molecule has 1 aromatic carbocycles. The minimum absolute atomic E-state index is 0.000776. The van der Waals surface area contributed by atoms with Crippen molar-refractivity contribution in [1.29, 1.82) is 0 Å². The largest absolute Gasteiger partial charge is 0.478 e. The number of nitrogens with zero attached hydrogens (tertiary/aromatic N) is 1. The number of carbonyl (C=O) groups excluding carboxylic acids is 2. The summed E-state index contributed by atoms with van der Waals surface area (Å²) in [5.41, 5.74) is 10.1. The molecular weight excluding hydrogens is 672 g/mol. The topological polar surface area (TPSA) is 209 Å². The maximum Gasteiger partial charge on any atom is 0.331 e. The van der Waals surface area contributed by atoms with Crippen LogP contribution in [0.25, 0.3) is 6.08 Å². The van der Waals surface area contributed by atoms with Crippen molar-refractivity contribution in [2.24, 2.45) is 67.7 Å². The fraction of sp³-hybridized carbons (Fsp3) is 0.619. The van der Waals surface area contributed by atoms with Crippen LogP contribution in [0.3, 0.4) is 0 Å². The summed E-state index contributed by atoms with van der Waals surface area (Å²) < 4.78 is 0. The van der Waals surface area contributed by atoms with Gasteiger partial charge in [-0.15, -0.1) is 0 Å². The second-order valence-electron chi connectivity index (χ2n) is 17.3. The van der Waals surface area contributed by atoms with Crippen molar-refractivity contribution in [2.45, 2.75) is 92.0 Å². The second kappa shape index (κ2) is 14.9. The van der Waals surface area contributed by atoms with Gasteiger partial charge >= 0.3 is 5.97 Å². The number of aliphatic hydroxyl groups is 3. The van der Waals surface area contributed by atoms with Crippen LogP contribution < -0.4 is 16.8 Å². The van der Waals surface area contributed by atoms with Crippen LogP contribution in [0, 0.1) is 51.2 Å². The van der Waals surface area contributed by atoms with Crippen LogP contribution in [-0.2, 0) is 14.4 Å². The summed E-state index contributed by atoms with van der Waals surface area (Å²) in [6.07, 6.45) is 3.33. The first kappa shape index (κ1) is 40.5. The van der Waals surface area contributed by atoms with Crippen LogP contribution >= 0.6 is 0 Å². The highest BCUT2D eigenvalue weighted by Gasteiger charge is 2.71. The zero-order valence-electron chi connectivity index (χ0n) is 32.3. The van der Waals surface area contributed by atoms with E-state index in [2.05, 4.69) is 17.2 Å². The summed E-state index contributed by atoms with van der Waals surface area (Å²) in [5.74, 6) is -3.59. The molecular formula is C42H60N4O7. The lowest BCUT2D eigenvalue weighted by atomic mass is 9.40. The number of hydrogen-bond donors (Lipinski definition) is 7. The SMILES string of the molecule is CNCCC(=CC(O)C(CN=C(N)N)C(C)C1CC(O)C2(C)C3=C(C(=O)CC12C)C1(C)CCC(=O)C(C)(C)C1C(C=Cc1ccccc1)C3O)C(=O)O. The molecule has 11 heteroatoms. The molecule has 2 saturated carbocycles. The smallest absolute Gasteiger partial charge is 0.331 e.